The molecule has 1 saturated heterocycles. The maximum Gasteiger partial charge on any atom is 0.0603 e. The fourth-order valence-corrected chi connectivity index (χ4v) is 2.45. The summed E-state index contributed by atoms with van der Waals surface area (Å²) in [6.07, 6.45) is 3.16. The lowest BCUT2D eigenvalue weighted by atomic mass is 10.0. The van der Waals surface area contributed by atoms with Crippen LogP contribution in [0.15, 0.2) is 24.3 Å². The van der Waals surface area contributed by atoms with E-state index in [1.807, 2.05) is 6.07 Å². The highest BCUT2D eigenvalue weighted by Gasteiger charge is 2.16. The van der Waals surface area contributed by atoms with Crippen LogP contribution in [-0.2, 0) is 6.42 Å². The molecule has 1 aliphatic heterocycles. The fraction of sp³-hybridized carbons (Fsp3) is 0.571. The van der Waals surface area contributed by atoms with Crippen molar-refractivity contribution < 1.29 is 10.2 Å². The first-order valence-electron chi connectivity index (χ1n) is 6.43. The molecule has 17 heavy (non-hydrogen) atoms. The second kappa shape index (κ2) is 6.03. The van der Waals surface area contributed by atoms with Gasteiger partial charge in [-0.2, -0.15) is 0 Å². The normalized spacial score (nSPS) is 17.4. The SMILES string of the molecule is OCCC(O)Cc1ccccc1N1CCCC1. The lowest BCUT2D eigenvalue weighted by molar-refractivity contribution is 0.133. The number of anilines is 1. The van der Waals surface area contributed by atoms with E-state index in [1.54, 1.807) is 0 Å². The zero-order valence-corrected chi connectivity index (χ0v) is 10.2. The standard InChI is InChI=1S/C14H21NO2/c16-10-7-13(17)11-12-5-1-2-6-14(12)15-8-3-4-9-15/h1-2,5-6,13,16-17H,3-4,7-11H2. The zero-order valence-electron chi connectivity index (χ0n) is 10.2. The largest absolute Gasteiger partial charge is 0.396 e. The number of nitrogens with zero attached hydrogens (tertiary/aromatic N) is 1. The van der Waals surface area contributed by atoms with Gasteiger partial charge in [0.15, 0.2) is 0 Å². The summed E-state index contributed by atoms with van der Waals surface area (Å²) in [5.41, 5.74) is 2.44. The van der Waals surface area contributed by atoms with Crippen LogP contribution in [0.2, 0.25) is 0 Å². The molecule has 0 saturated carbocycles. The minimum absolute atomic E-state index is 0.0487. The summed E-state index contributed by atoms with van der Waals surface area (Å²) in [4.78, 5) is 2.39. The summed E-state index contributed by atoms with van der Waals surface area (Å²) >= 11 is 0. The molecule has 1 fully saturated rings. The molecule has 3 heteroatoms. The molecule has 0 spiro atoms. The summed E-state index contributed by atoms with van der Waals surface area (Å²) in [6, 6.07) is 8.27. The van der Waals surface area contributed by atoms with Crippen LogP contribution < -0.4 is 4.90 Å². The molecular formula is C14H21NO2. The lowest BCUT2D eigenvalue weighted by Crippen LogP contribution is -2.21. The van der Waals surface area contributed by atoms with Crippen LogP contribution >= 0.6 is 0 Å². The Kier molecular flexibility index (Phi) is 4.40. The molecule has 0 radical (unpaired) electrons. The van der Waals surface area contributed by atoms with E-state index in [-0.39, 0.29) is 6.61 Å². The van der Waals surface area contributed by atoms with E-state index < -0.39 is 6.10 Å². The van der Waals surface area contributed by atoms with E-state index in [0.717, 1.165) is 13.1 Å². The first-order chi connectivity index (χ1) is 8.31. The van der Waals surface area contributed by atoms with Crippen molar-refractivity contribution in [2.45, 2.75) is 31.8 Å². The number of hydrogen-bond donors (Lipinski definition) is 2. The molecule has 2 rings (SSSR count). The van der Waals surface area contributed by atoms with Crippen LogP contribution in [0.5, 0.6) is 0 Å². The molecule has 1 aromatic rings. The molecule has 1 aliphatic rings. The van der Waals surface area contributed by atoms with Crippen molar-refractivity contribution in [1.82, 2.24) is 0 Å². The molecule has 1 heterocycles. The monoisotopic (exact) mass is 235 g/mol. The summed E-state index contributed by atoms with van der Waals surface area (Å²) in [5, 5.41) is 18.6. The molecule has 0 aromatic heterocycles. The number of para-hydroxylation sites is 1. The zero-order chi connectivity index (χ0) is 12.1. The minimum atomic E-state index is -0.441. The smallest absolute Gasteiger partial charge is 0.0603 e. The van der Waals surface area contributed by atoms with Crippen LogP contribution in [0, 0.1) is 0 Å². The lowest BCUT2D eigenvalue weighted by Gasteiger charge is -2.22. The molecule has 1 aromatic carbocycles. The molecule has 0 amide bonds. The molecule has 0 bridgehead atoms. The molecule has 1 unspecified atom stereocenters. The van der Waals surface area contributed by atoms with Crippen LogP contribution in [-0.4, -0.2) is 36.0 Å². The Labute approximate surface area is 103 Å². The summed E-state index contributed by atoms with van der Waals surface area (Å²) < 4.78 is 0. The number of aliphatic hydroxyl groups is 2. The van der Waals surface area contributed by atoms with Crippen molar-refractivity contribution in [3.8, 4) is 0 Å². The molecule has 1 atom stereocenters. The quantitative estimate of drug-likeness (QED) is 0.814. The Morgan fingerprint density at radius 2 is 1.88 bits per heavy atom. The Morgan fingerprint density at radius 1 is 1.18 bits per heavy atom. The van der Waals surface area contributed by atoms with E-state index >= 15 is 0 Å². The predicted molar refractivity (Wildman–Crippen MR) is 69.3 cm³/mol. The Morgan fingerprint density at radius 3 is 2.59 bits per heavy atom. The topological polar surface area (TPSA) is 43.7 Å². The highest BCUT2D eigenvalue weighted by Crippen LogP contribution is 2.25. The fourth-order valence-electron chi connectivity index (χ4n) is 2.45. The first kappa shape index (κ1) is 12.4. The van der Waals surface area contributed by atoms with Crippen LogP contribution in [0.25, 0.3) is 0 Å². The second-order valence-corrected chi connectivity index (χ2v) is 4.69. The van der Waals surface area contributed by atoms with E-state index in [9.17, 15) is 5.11 Å². The maximum absolute atomic E-state index is 9.79. The second-order valence-electron chi connectivity index (χ2n) is 4.69. The van der Waals surface area contributed by atoms with Crippen molar-refractivity contribution in [3.63, 3.8) is 0 Å². The third-order valence-electron chi connectivity index (χ3n) is 3.36. The molecule has 0 aliphatic carbocycles. The molecule has 2 N–H and O–H groups in total. The number of rotatable bonds is 5. The third kappa shape index (κ3) is 3.20. The van der Waals surface area contributed by atoms with Crippen molar-refractivity contribution in [1.29, 1.82) is 0 Å². The van der Waals surface area contributed by atoms with Gasteiger partial charge >= 0.3 is 0 Å². The van der Waals surface area contributed by atoms with Gasteiger partial charge in [-0.1, -0.05) is 18.2 Å². The van der Waals surface area contributed by atoms with Gasteiger partial charge in [-0.25, -0.2) is 0 Å². The minimum Gasteiger partial charge on any atom is -0.396 e. The van der Waals surface area contributed by atoms with Crippen LogP contribution in [0.4, 0.5) is 5.69 Å². The van der Waals surface area contributed by atoms with Gasteiger partial charge in [-0.05, 0) is 30.9 Å². The van der Waals surface area contributed by atoms with Gasteiger partial charge in [0, 0.05) is 31.8 Å². The van der Waals surface area contributed by atoms with E-state index in [2.05, 4.69) is 23.1 Å². The van der Waals surface area contributed by atoms with Gasteiger partial charge in [0.2, 0.25) is 0 Å². The van der Waals surface area contributed by atoms with Gasteiger partial charge in [0.25, 0.3) is 0 Å². The van der Waals surface area contributed by atoms with Gasteiger partial charge in [0.1, 0.15) is 0 Å². The van der Waals surface area contributed by atoms with Crippen molar-refractivity contribution in [2.75, 3.05) is 24.6 Å². The van der Waals surface area contributed by atoms with Gasteiger partial charge in [-0.3, -0.25) is 0 Å². The average molecular weight is 235 g/mol. The van der Waals surface area contributed by atoms with Crippen molar-refractivity contribution in [3.05, 3.63) is 29.8 Å². The van der Waals surface area contributed by atoms with E-state index in [4.69, 9.17) is 5.11 Å². The molecule has 94 valence electrons. The van der Waals surface area contributed by atoms with Crippen molar-refractivity contribution in [2.24, 2.45) is 0 Å². The van der Waals surface area contributed by atoms with E-state index in [1.165, 1.54) is 24.1 Å². The van der Waals surface area contributed by atoms with Gasteiger partial charge < -0.3 is 15.1 Å². The Bertz CT molecular complexity index is 348. The van der Waals surface area contributed by atoms with E-state index in [0.29, 0.717) is 12.8 Å². The molecule has 3 nitrogen and oxygen atoms in total. The summed E-state index contributed by atoms with van der Waals surface area (Å²) in [7, 11) is 0. The third-order valence-corrected chi connectivity index (χ3v) is 3.36. The average Bonchev–Trinajstić information content (AvgIpc) is 2.83. The van der Waals surface area contributed by atoms with Gasteiger partial charge in [0.05, 0.1) is 6.10 Å². The number of benzene rings is 1. The highest BCUT2D eigenvalue weighted by molar-refractivity contribution is 5.54. The summed E-state index contributed by atoms with van der Waals surface area (Å²) in [5.74, 6) is 0. The maximum atomic E-state index is 9.79. The Hall–Kier alpha value is -1.06. The highest BCUT2D eigenvalue weighted by atomic mass is 16.3. The number of hydrogen-bond acceptors (Lipinski definition) is 3. The Balaban J connectivity index is 2.09. The molecular weight excluding hydrogens is 214 g/mol. The number of aliphatic hydroxyl groups excluding tert-OH is 2. The van der Waals surface area contributed by atoms with Crippen LogP contribution in [0.1, 0.15) is 24.8 Å². The predicted octanol–water partition coefficient (Wildman–Crippen LogP) is 1.57. The summed E-state index contributed by atoms with van der Waals surface area (Å²) in [6.45, 7) is 2.28. The first-order valence-corrected chi connectivity index (χ1v) is 6.43. The van der Waals surface area contributed by atoms with Crippen LogP contribution in [0.3, 0.4) is 0 Å². The van der Waals surface area contributed by atoms with Gasteiger partial charge in [-0.15, -0.1) is 0 Å². The van der Waals surface area contributed by atoms with Crippen molar-refractivity contribution >= 4 is 5.69 Å².